The molecule has 1 aromatic carbocycles. The van der Waals surface area contributed by atoms with Crippen LogP contribution in [-0.2, 0) is 4.79 Å². The predicted octanol–water partition coefficient (Wildman–Crippen LogP) is 3.48. The molecule has 1 amide bonds. The van der Waals surface area contributed by atoms with Gasteiger partial charge in [-0.1, -0.05) is 29.4 Å². The number of nitrogens with zero attached hydrogens (tertiary/aromatic N) is 2. The highest BCUT2D eigenvalue weighted by Gasteiger charge is 2.08. The van der Waals surface area contributed by atoms with Crippen molar-refractivity contribution in [2.75, 3.05) is 11.1 Å². The summed E-state index contributed by atoms with van der Waals surface area (Å²) < 4.78 is 0. The molecular weight excluding hydrogens is 294 g/mol. The summed E-state index contributed by atoms with van der Waals surface area (Å²) in [4.78, 5) is 20.2. The van der Waals surface area contributed by atoms with Crippen molar-refractivity contribution >= 4 is 35.0 Å². The molecule has 0 saturated heterocycles. The summed E-state index contributed by atoms with van der Waals surface area (Å²) in [5, 5.41) is 4.07. The average Bonchev–Trinajstić information content (AvgIpc) is 2.42. The second-order valence-corrected chi connectivity index (χ2v) is 5.58. The van der Waals surface area contributed by atoms with Crippen LogP contribution in [0.15, 0.2) is 35.6 Å². The summed E-state index contributed by atoms with van der Waals surface area (Å²) in [6.45, 7) is 3.76. The van der Waals surface area contributed by atoms with Crippen molar-refractivity contribution in [2.24, 2.45) is 0 Å². The second-order valence-electron chi connectivity index (χ2n) is 4.23. The second kappa shape index (κ2) is 6.72. The van der Waals surface area contributed by atoms with Crippen molar-refractivity contribution in [1.29, 1.82) is 0 Å². The average molecular weight is 308 g/mol. The Labute approximate surface area is 127 Å². The molecule has 0 atom stereocenters. The Morgan fingerprint density at radius 3 is 2.90 bits per heavy atom. The number of hydrogen-bond donors (Lipinski definition) is 1. The number of hydrogen-bond acceptors (Lipinski definition) is 4. The largest absolute Gasteiger partial charge is 0.325 e. The van der Waals surface area contributed by atoms with Gasteiger partial charge < -0.3 is 5.32 Å². The van der Waals surface area contributed by atoms with E-state index in [1.165, 1.54) is 11.8 Å². The number of carbonyl (C=O) groups excluding carboxylic acids is 1. The zero-order valence-corrected chi connectivity index (χ0v) is 12.8. The third kappa shape index (κ3) is 3.95. The first kappa shape index (κ1) is 14.8. The zero-order valence-electron chi connectivity index (χ0n) is 11.2. The van der Waals surface area contributed by atoms with Gasteiger partial charge >= 0.3 is 0 Å². The summed E-state index contributed by atoms with van der Waals surface area (Å²) in [6.07, 6.45) is 1.68. The standard InChI is InChI=1S/C14H14ClN3OS/c1-9-6-7-16-14(17-9)20-8-13(19)18-12-5-3-4-11(15)10(12)2/h3-7H,8H2,1-2H3,(H,18,19). The Bertz CT molecular complexity index is 634. The number of benzene rings is 1. The number of halogens is 1. The molecule has 20 heavy (non-hydrogen) atoms. The Kier molecular flexibility index (Phi) is 4.98. The SMILES string of the molecule is Cc1ccnc(SCC(=O)Nc2cccc(Cl)c2C)n1. The first-order valence-corrected chi connectivity index (χ1v) is 7.40. The van der Waals surface area contributed by atoms with Gasteiger partial charge in [-0.25, -0.2) is 9.97 Å². The van der Waals surface area contributed by atoms with E-state index in [1.807, 2.05) is 32.0 Å². The number of amides is 1. The van der Waals surface area contributed by atoms with Crippen molar-refractivity contribution in [2.45, 2.75) is 19.0 Å². The molecule has 0 bridgehead atoms. The van der Waals surface area contributed by atoms with Gasteiger partial charge in [0.1, 0.15) is 0 Å². The lowest BCUT2D eigenvalue weighted by molar-refractivity contribution is -0.113. The van der Waals surface area contributed by atoms with E-state index in [4.69, 9.17) is 11.6 Å². The number of aromatic nitrogens is 2. The minimum absolute atomic E-state index is 0.106. The van der Waals surface area contributed by atoms with Crippen molar-refractivity contribution in [3.05, 3.63) is 46.7 Å². The van der Waals surface area contributed by atoms with Gasteiger partial charge in [0.25, 0.3) is 0 Å². The van der Waals surface area contributed by atoms with Gasteiger partial charge in [-0.05, 0) is 37.6 Å². The van der Waals surface area contributed by atoms with Crippen LogP contribution in [0.1, 0.15) is 11.3 Å². The highest BCUT2D eigenvalue weighted by Crippen LogP contribution is 2.23. The first-order chi connectivity index (χ1) is 9.56. The highest BCUT2D eigenvalue weighted by atomic mass is 35.5. The maximum atomic E-state index is 11.9. The number of nitrogens with one attached hydrogen (secondary N) is 1. The van der Waals surface area contributed by atoms with Crippen LogP contribution >= 0.6 is 23.4 Å². The van der Waals surface area contributed by atoms with Crippen LogP contribution in [-0.4, -0.2) is 21.6 Å². The first-order valence-electron chi connectivity index (χ1n) is 6.03. The quantitative estimate of drug-likeness (QED) is 0.694. The molecule has 0 radical (unpaired) electrons. The minimum atomic E-state index is -0.106. The normalized spacial score (nSPS) is 10.3. The van der Waals surface area contributed by atoms with E-state index in [0.29, 0.717) is 10.2 Å². The van der Waals surface area contributed by atoms with Crippen LogP contribution in [0.3, 0.4) is 0 Å². The maximum absolute atomic E-state index is 11.9. The van der Waals surface area contributed by atoms with Gasteiger partial charge in [0, 0.05) is 22.6 Å². The van der Waals surface area contributed by atoms with E-state index in [-0.39, 0.29) is 11.7 Å². The molecule has 0 aliphatic rings. The summed E-state index contributed by atoms with van der Waals surface area (Å²) >= 11 is 7.32. The number of rotatable bonds is 4. The molecule has 1 heterocycles. The molecule has 104 valence electrons. The lowest BCUT2D eigenvalue weighted by Gasteiger charge is -2.09. The molecular formula is C14H14ClN3OS. The van der Waals surface area contributed by atoms with Crippen LogP contribution in [0, 0.1) is 13.8 Å². The zero-order chi connectivity index (χ0) is 14.5. The van der Waals surface area contributed by atoms with Gasteiger partial charge in [0.2, 0.25) is 5.91 Å². The molecule has 2 rings (SSSR count). The van der Waals surface area contributed by atoms with E-state index < -0.39 is 0 Å². The fourth-order valence-electron chi connectivity index (χ4n) is 1.55. The van der Waals surface area contributed by atoms with E-state index in [0.717, 1.165) is 16.9 Å². The van der Waals surface area contributed by atoms with Crippen molar-refractivity contribution in [1.82, 2.24) is 9.97 Å². The molecule has 0 saturated carbocycles. The summed E-state index contributed by atoms with van der Waals surface area (Å²) in [5.74, 6) is 0.153. The van der Waals surface area contributed by atoms with Gasteiger partial charge in [0.15, 0.2) is 5.16 Å². The molecule has 1 aromatic heterocycles. The Morgan fingerprint density at radius 2 is 2.15 bits per heavy atom. The van der Waals surface area contributed by atoms with Crippen molar-refractivity contribution < 1.29 is 4.79 Å². The molecule has 0 spiro atoms. The molecule has 0 aliphatic heterocycles. The number of anilines is 1. The molecule has 6 heteroatoms. The van der Waals surface area contributed by atoms with E-state index >= 15 is 0 Å². The van der Waals surface area contributed by atoms with Crippen LogP contribution in [0.4, 0.5) is 5.69 Å². The van der Waals surface area contributed by atoms with Crippen LogP contribution in [0.25, 0.3) is 0 Å². The molecule has 0 aliphatic carbocycles. The summed E-state index contributed by atoms with van der Waals surface area (Å²) in [5.41, 5.74) is 2.47. The topological polar surface area (TPSA) is 54.9 Å². The van der Waals surface area contributed by atoms with Gasteiger partial charge in [0.05, 0.1) is 5.75 Å². The fourth-order valence-corrected chi connectivity index (χ4v) is 2.41. The fraction of sp³-hybridized carbons (Fsp3) is 0.214. The summed E-state index contributed by atoms with van der Waals surface area (Å²) in [6, 6.07) is 7.25. The Morgan fingerprint density at radius 1 is 1.35 bits per heavy atom. The van der Waals surface area contributed by atoms with E-state index in [2.05, 4.69) is 15.3 Å². The van der Waals surface area contributed by atoms with E-state index in [1.54, 1.807) is 12.3 Å². The predicted molar refractivity (Wildman–Crippen MR) is 82.3 cm³/mol. The number of carbonyl (C=O) groups is 1. The molecule has 0 unspecified atom stereocenters. The third-order valence-corrected chi connectivity index (χ3v) is 3.92. The number of aryl methyl sites for hydroxylation is 1. The van der Waals surface area contributed by atoms with Crippen LogP contribution in [0.2, 0.25) is 5.02 Å². The van der Waals surface area contributed by atoms with Gasteiger partial charge in [-0.3, -0.25) is 4.79 Å². The smallest absolute Gasteiger partial charge is 0.234 e. The monoisotopic (exact) mass is 307 g/mol. The Hall–Kier alpha value is -1.59. The minimum Gasteiger partial charge on any atom is -0.325 e. The number of thioether (sulfide) groups is 1. The van der Waals surface area contributed by atoms with Crippen LogP contribution in [0.5, 0.6) is 0 Å². The Balaban J connectivity index is 1.94. The lowest BCUT2D eigenvalue weighted by Crippen LogP contribution is -2.15. The van der Waals surface area contributed by atoms with Crippen molar-refractivity contribution in [3.63, 3.8) is 0 Å². The molecule has 2 aromatic rings. The summed E-state index contributed by atoms with van der Waals surface area (Å²) in [7, 11) is 0. The molecule has 4 nitrogen and oxygen atoms in total. The highest BCUT2D eigenvalue weighted by molar-refractivity contribution is 7.99. The van der Waals surface area contributed by atoms with Crippen molar-refractivity contribution in [3.8, 4) is 0 Å². The molecule has 0 fully saturated rings. The van der Waals surface area contributed by atoms with Crippen LogP contribution < -0.4 is 5.32 Å². The van der Waals surface area contributed by atoms with E-state index in [9.17, 15) is 4.79 Å². The maximum Gasteiger partial charge on any atom is 0.234 e. The molecule has 1 N–H and O–H groups in total. The lowest BCUT2D eigenvalue weighted by atomic mass is 10.2. The van der Waals surface area contributed by atoms with Gasteiger partial charge in [-0.15, -0.1) is 0 Å². The third-order valence-electron chi connectivity index (χ3n) is 2.65. The van der Waals surface area contributed by atoms with Gasteiger partial charge in [-0.2, -0.15) is 0 Å².